The van der Waals surface area contributed by atoms with Gasteiger partial charge < -0.3 is 15.0 Å². The zero-order valence-corrected chi connectivity index (χ0v) is 19.2. The highest BCUT2D eigenvalue weighted by Crippen LogP contribution is 2.33. The zero-order chi connectivity index (χ0) is 22.1. The molecule has 1 fully saturated rings. The van der Waals surface area contributed by atoms with Crippen molar-refractivity contribution in [1.29, 1.82) is 0 Å². The molecule has 0 aromatic heterocycles. The molecular weight excluding hydrogens is 474 g/mol. The van der Waals surface area contributed by atoms with Gasteiger partial charge in [0, 0.05) is 31.5 Å². The fourth-order valence-corrected chi connectivity index (χ4v) is 4.60. The molecule has 0 saturated carbocycles. The monoisotopic (exact) mass is 495 g/mol. The van der Waals surface area contributed by atoms with Crippen LogP contribution in [0.4, 0.5) is 11.4 Å². The number of amides is 2. The minimum atomic E-state index is -3.68. The summed E-state index contributed by atoms with van der Waals surface area (Å²) in [5.74, 6) is -0.787. The molecule has 1 unspecified atom stereocenters. The van der Waals surface area contributed by atoms with E-state index < -0.39 is 15.9 Å². The van der Waals surface area contributed by atoms with Crippen LogP contribution in [0.15, 0.2) is 51.8 Å². The first-order chi connectivity index (χ1) is 14.1. The van der Waals surface area contributed by atoms with Crippen molar-refractivity contribution in [3.63, 3.8) is 0 Å². The Morgan fingerprint density at radius 3 is 2.57 bits per heavy atom. The van der Waals surface area contributed by atoms with Crippen LogP contribution in [-0.2, 0) is 19.6 Å². The van der Waals surface area contributed by atoms with Crippen molar-refractivity contribution >= 4 is 49.1 Å². The lowest BCUT2D eigenvalue weighted by Crippen LogP contribution is -2.28. The van der Waals surface area contributed by atoms with Crippen molar-refractivity contribution in [1.82, 2.24) is 4.31 Å². The number of nitrogens with zero attached hydrogens (tertiary/aromatic N) is 2. The molecule has 0 radical (unpaired) electrons. The Labute approximate surface area is 184 Å². The largest absolute Gasteiger partial charge is 0.495 e. The SMILES string of the molecule is COc1ccc(S(=O)(=O)N(C)C)cc1NC(=O)C1CC(=O)N(c2ccccc2Br)C1. The summed E-state index contributed by atoms with van der Waals surface area (Å²) >= 11 is 3.43. The van der Waals surface area contributed by atoms with Crippen molar-refractivity contribution in [2.75, 3.05) is 38.0 Å². The van der Waals surface area contributed by atoms with Gasteiger partial charge in [-0.1, -0.05) is 12.1 Å². The van der Waals surface area contributed by atoms with Crippen molar-refractivity contribution in [2.24, 2.45) is 5.92 Å². The van der Waals surface area contributed by atoms with Gasteiger partial charge in [0.25, 0.3) is 0 Å². The highest BCUT2D eigenvalue weighted by molar-refractivity contribution is 9.10. The second-order valence-electron chi connectivity index (χ2n) is 7.00. The lowest BCUT2D eigenvalue weighted by Gasteiger charge is -2.19. The summed E-state index contributed by atoms with van der Waals surface area (Å²) in [7, 11) is 0.608. The average molecular weight is 496 g/mol. The van der Waals surface area contributed by atoms with E-state index in [1.165, 1.54) is 39.4 Å². The Hall–Kier alpha value is -2.43. The number of methoxy groups -OCH3 is 1. The van der Waals surface area contributed by atoms with E-state index in [1.807, 2.05) is 18.2 Å². The second kappa shape index (κ2) is 8.75. The topological polar surface area (TPSA) is 96.0 Å². The van der Waals surface area contributed by atoms with Crippen LogP contribution in [0.2, 0.25) is 0 Å². The molecule has 30 heavy (non-hydrogen) atoms. The van der Waals surface area contributed by atoms with Crippen LogP contribution in [0.25, 0.3) is 0 Å². The first-order valence-corrected chi connectivity index (χ1v) is 11.3. The van der Waals surface area contributed by atoms with Crippen LogP contribution in [0.3, 0.4) is 0 Å². The van der Waals surface area contributed by atoms with E-state index in [4.69, 9.17) is 4.74 Å². The second-order valence-corrected chi connectivity index (χ2v) is 10.0. The maximum atomic E-state index is 12.9. The van der Waals surface area contributed by atoms with E-state index in [9.17, 15) is 18.0 Å². The van der Waals surface area contributed by atoms with Crippen LogP contribution < -0.4 is 15.0 Å². The summed E-state index contributed by atoms with van der Waals surface area (Å²) in [4.78, 5) is 27.0. The summed E-state index contributed by atoms with van der Waals surface area (Å²) in [6.07, 6.45) is 0.0607. The van der Waals surface area contributed by atoms with E-state index in [-0.39, 0.29) is 35.4 Å². The summed E-state index contributed by atoms with van der Waals surface area (Å²) < 4.78 is 31.9. The number of rotatable bonds is 6. The van der Waals surface area contributed by atoms with Crippen LogP contribution in [-0.4, -0.2) is 52.3 Å². The Kier molecular flexibility index (Phi) is 6.49. The molecule has 3 rings (SSSR count). The van der Waals surface area contributed by atoms with E-state index in [2.05, 4.69) is 21.2 Å². The van der Waals surface area contributed by atoms with E-state index in [0.29, 0.717) is 11.4 Å². The lowest BCUT2D eigenvalue weighted by molar-refractivity contribution is -0.122. The van der Waals surface area contributed by atoms with Gasteiger partial charge in [-0.3, -0.25) is 9.59 Å². The van der Waals surface area contributed by atoms with Gasteiger partial charge in [-0.25, -0.2) is 12.7 Å². The maximum Gasteiger partial charge on any atom is 0.242 e. The highest BCUT2D eigenvalue weighted by atomic mass is 79.9. The van der Waals surface area contributed by atoms with Crippen LogP contribution in [0, 0.1) is 5.92 Å². The van der Waals surface area contributed by atoms with E-state index >= 15 is 0 Å². The quantitative estimate of drug-likeness (QED) is 0.664. The molecule has 160 valence electrons. The zero-order valence-electron chi connectivity index (χ0n) is 16.8. The summed E-state index contributed by atoms with van der Waals surface area (Å²) in [5, 5.41) is 2.72. The fourth-order valence-electron chi connectivity index (χ4n) is 3.18. The third kappa shape index (κ3) is 4.35. The predicted octanol–water partition coefficient (Wildman–Crippen LogP) is 2.70. The molecule has 1 saturated heterocycles. The van der Waals surface area contributed by atoms with Crippen molar-refractivity contribution in [2.45, 2.75) is 11.3 Å². The number of anilines is 2. The number of halogens is 1. The van der Waals surface area contributed by atoms with E-state index in [0.717, 1.165) is 8.78 Å². The first-order valence-electron chi connectivity index (χ1n) is 9.11. The predicted molar refractivity (Wildman–Crippen MR) is 117 cm³/mol. The number of ether oxygens (including phenoxy) is 1. The van der Waals surface area contributed by atoms with E-state index in [1.54, 1.807) is 11.0 Å². The molecule has 1 heterocycles. The number of carbonyl (C=O) groups is 2. The minimum absolute atomic E-state index is 0.0286. The number of benzene rings is 2. The Bertz CT molecular complexity index is 1090. The van der Waals surface area contributed by atoms with Gasteiger partial charge in [0.2, 0.25) is 21.8 Å². The molecular formula is C20H22BrN3O5S. The molecule has 1 aliphatic rings. The molecule has 1 aliphatic heterocycles. The molecule has 0 aliphatic carbocycles. The third-order valence-corrected chi connectivity index (χ3v) is 7.33. The molecule has 2 amide bonds. The van der Waals surface area contributed by atoms with Gasteiger partial charge >= 0.3 is 0 Å². The Morgan fingerprint density at radius 2 is 1.93 bits per heavy atom. The Morgan fingerprint density at radius 1 is 1.23 bits per heavy atom. The normalized spacial score (nSPS) is 16.8. The van der Waals surface area contributed by atoms with Crippen LogP contribution in [0.5, 0.6) is 5.75 Å². The standard InChI is InChI=1S/C20H22BrN3O5S/c1-23(2)30(27,28)14-8-9-18(29-3)16(11-14)22-20(26)13-10-19(25)24(12-13)17-7-5-4-6-15(17)21/h4-9,11,13H,10,12H2,1-3H3,(H,22,26). The first kappa shape index (κ1) is 22.3. The van der Waals surface area contributed by atoms with Gasteiger partial charge in [0.1, 0.15) is 5.75 Å². The molecule has 1 N–H and O–H groups in total. The minimum Gasteiger partial charge on any atom is -0.495 e. The summed E-state index contributed by atoms with van der Waals surface area (Å²) in [6, 6.07) is 11.6. The van der Waals surface area contributed by atoms with Gasteiger partial charge in [0.15, 0.2) is 0 Å². The van der Waals surface area contributed by atoms with Crippen LogP contribution >= 0.6 is 15.9 Å². The number of carbonyl (C=O) groups excluding carboxylic acids is 2. The third-order valence-electron chi connectivity index (χ3n) is 4.85. The lowest BCUT2D eigenvalue weighted by atomic mass is 10.1. The number of hydrogen-bond acceptors (Lipinski definition) is 5. The molecule has 1 atom stereocenters. The number of sulfonamides is 1. The van der Waals surface area contributed by atoms with Gasteiger partial charge in [-0.15, -0.1) is 0 Å². The molecule has 0 spiro atoms. The van der Waals surface area contributed by atoms with Gasteiger partial charge in [-0.2, -0.15) is 0 Å². The highest BCUT2D eigenvalue weighted by Gasteiger charge is 2.36. The van der Waals surface area contributed by atoms with Crippen molar-refractivity contribution < 1.29 is 22.7 Å². The molecule has 0 bridgehead atoms. The fraction of sp³-hybridized carbons (Fsp3) is 0.300. The van der Waals surface area contributed by atoms with Crippen LogP contribution in [0.1, 0.15) is 6.42 Å². The number of hydrogen-bond donors (Lipinski definition) is 1. The number of nitrogens with one attached hydrogen (secondary N) is 1. The summed E-state index contributed by atoms with van der Waals surface area (Å²) in [5.41, 5.74) is 0.937. The number of para-hydroxylation sites is 1. The van der Waals surface area contributed by atoms with Gasteiger partial charge in [-0.05, 0) is 46.3 Å². The molecule has 2 aromatic rings. The van der Waals surface area contributed by atoms with Crippen molar-refractivity contribution in [3.05, 3.63) is 46.9 Å². The average Bonchev–Trinajstić information content (AvgIpc) is 3.09. The maximum absolute atomic E-state index is 12.9. The smallest absolute Gasteiger partial charge is 0.242 e. The van der Waals surface area contributed by atoms with Crippen molar-refractivity contribution in [3.8, 4) is 5.75 Å². The molecule has 8 nitrogen and oxygen atoms in total. The Balaban J connectivity index is 1.82. The molecule has 10 heteroatoms. The van der Waals surface area contributed by atoms with Gasteiger partial charge in [0.05, 0.1) is 29.3 Å². The summed E-state index contributed by atoms with van der Waals surface area (Å²) in [6.45, 7) is 0.227. The molecule has 2 aromatic carbocycles.